The molecule has 0 unspecified atom stereocenters. The molecule has 156 valence electrons. The van der Waals surface area contributed by atoms with E-state index in [1.165, 1.54) is 5.56 Å². The van der Waals surface area contributed by atoms with Gasteiger partial charge in [0.25, 0.3) is 0 Å². The van der Waals surface area contributed by atoms with Gasteiger partial charge in [-0.2, -0.15) is 0 Å². The summed E-state index contributed by atoms with van der Waals surface area (Å²) in [5.74, 6) is 2.12. The van der Waals surface area contributed by atoms with Gasteiger partial charge in [0.1, 0.15) is 5.82 Å². The minimum Gasteiger partial charge on any atom is -0.353 e. The molecule has 0 spiro atoms. The first-order valence-electron chi connectivity index (χ1n) is 10.7. The Bertz CT molecular complexity index is 814. The molecule has 1 fully saturated rings. The third-order valence-electron chi connectivity index (χ3n) is 5.40. The number of aryl methyl sites for hydroxylation is 1. The van der Waals surface area contributed by atoms with Crippen molar-refractivity contribution in [2.45, 2.75) is 46.5 Å². The van der Waals surface area contributed by atoms with Crippen molar-refractivity contribution in [1.82, 2.24) is 20.2 Å². The van der Waals surface area contributed by atoms with Crippen LogP contribution in [0.1, 0.15) is 50.8 Å². The van der Waals surface area contributed by atoms with Crippen molar-refractivity contribution in [2.75, 3.05) is 37.6 Å². The lowest BCUT2D eigenvalue weighted by Crippen LogP contribution is -2.52. The highest BCUT2D eigenvalue weighted by molar-refractivity contribution is 5.74. The average molecular weight is 396 g/mol. The molecule has 2 heterocycles. The first-order valence-corrected chi connectivity index (χ1v) is 10.7. The summed E-state index contributed by atoms with van der Waals surface area (Å²) in [5.41, 5.74) is 3.26. The summed E-state index contributed by atoms with van der Waals surface area (Å²) in [6.45, 7) is 12.3. The van der Waals surface area contributed by atoms with E-state index in [1.807, 2.05) is 35.2 Å². The molecule has 1 aliphatic heterocycles. The fraction of sp³-hybridized carbons (Fsp3) is 0.522. The highest BCUT2D eigenvalue weighted by atomic mass is 16.2. The third kappa shape index (κ3) is 5.05. The van der Waals surface area contributed by atoms with Crippen molar-refractivity contribution in [3.8, 4) is 11.4 Å². The lowest BCUT2D eigenvalue weighted by Gasteiger charge is -2.37. The average Bonchev–Trinajstić information content (AvgIpc) is 2.73. The van der Waals surface area contributed by atoms with Crippen LogP contribution in [-0.2, 0) is 0 Å². The van der Waals surface area contributed by atoms with Crippen LogP contribution in [0.3, 0.4) is 0 Å². The summed E-state index contributed by atoms with van der Waals surface area (Å²) < 4.78 is 0. The van der Waals surface area contributed by atoms with Gasteiger partial charge < -0.3 is 15.1 Å². The maximum absolute atomic E-state index is 12.4. The Hall–Kier alpha value is -2.63. The van der Waals surface area contributed by atoms with Crippen LogP contribution >= 0.6 is 0 Å². The molecular weight excluding hydrogens is 362 g/mol. The van der Waals surface area contributed by atoms with E-state index in [2.05, 4.69) is 37.9 Å². The summed E-state index contributed by atoms with van der Waals surface area (Å²) >= 11 is 0. The number of nitrogens with one attached hydrogen (secondary N) is 1. The molecule has 29 heavy (non-hydrogen) atoms. The van der Waals surface area contributed by atoms with E-state index >= 15 is 0 Å². The van der Waals surface area contributed by atoms with E-state index in [-0.39, 0.29) is 6.03 Å². The van der Waals surface area contributed by atoms with Crippen LogP contribution in [0.25, 0.3) is 11.4 Å². The van der Waals surface area contributed by atoms with Gasteiger partial charge in [0.05, 0.1) is 0 Å². The summed E-state index contributed by atoms with van der Waals surface area (Å²) in [5, 5.41) is 3.02. The van der Waals surface area contributed by atoms with Crippen LogP contribution < -0.4 is 10.2 Å². The minimum absolute atomic E-state index is 0.0472. The number of carbonyl (C=O) groups is 1. The van der Waals surface area contributed by atoms with E-state index < -0.39 is 0 Å². The van der Waals surface area contributed by atoms with Gasteiger partial charge in [-0.15, -0.1) is 0 Å². The van der Waals surface area contributed by atoms with Crippen LogP contribution in [-0.4, -0.2) is 53.6 Å². The van der Waals surface area contributed by atoms with E-state index in [0.29, 0.717) is 19.0 Å². The fourth-order valence-electron chi connectivity index (χ4n) is 3.81. The Balaban J connectivity index is 1.79. The number of anilines is 1. The Morgan fingerprint density at radius 3 is 2.41 bits per heavy atom. The van der Waals surface area contributed by atoms with E-state index in [4.69, 9.17) is 9.97 Å². The van der Waals surface area contributed by atoms with Gasteiger partial charge in [0.2, 0.25) is 0 Å². The molecule has 1 saturated heterocycles. The second kappa shape index (κ2) is 9.72. The quantitative estimate of drug-likeness (QED) is 0.745. The molecule has 0 bridgehead atoms. The van der Waals surface area contributed by atoms with Crippen molar-refractivity contribution in [3.63, 3.8) is 0 Å². The van der Waals surface area contributed by atoms with E-state index in [9.17, 15) is 4.79 Å². The van der Waals surface area contributed by atoms with Crippen LogP contribution in [0, 0.1) is 6.92 Å². The minimum atomic E-state index is 0.0472. The monoisotopic (exact) mass is 395 g/mol. The number of aromatic nitrogens is 2. The van der Waals surface area contributed by atoms with Crippen molar-refractivity contribution >= 4 is 11.8 Å². The van der Waals surface area contributed by atoms with E-state index in [1.54, 1.807) is 0 Å². The Morgan fingerprint density at radius 1 is 1.10 bits per heavy atom. The van der Waals surface area contributed by atoms with Crippen molar-refractivity contribution < 1.29 is 4.79 Å². The van der Waals surface area contributed by atoms with Crippen LogP contribution in [0.15, 0.2) is 30.3 Å². The number of piperazine rings is 1. The standard InChI is InChI=1S/C23H33N5O/c1-5-6-12-24-23(29)28-15-13-27(14-16-28)22-20(17(2)3)18(4)25-21(26-22)19-10-8-7-9-11-19/h7-11,17H,5-6,12-16H2,1-4H3,(H,24,29). The van der Waals surface area contributed by atoms with Crippen LogP contribution in [0.5, 0.6) is 0 Å². The van der Waals surface area contributed by atoms with Crippen LogP contribution in [0.4, 0.5) is 10.6 Å². The van der Waals surface area contributed by atoms with Gasteiger partial charge in [0.15, 0.2) is 5.82 Å². The van der Waals surface area contributed by atoms with Gasteiger partial charge in [-0.1, -0.05) is 57.5 Å². The number of benzene rings is 1. The molecule has 0 aliphatic carbocycles. The predicted octanol–water partition coefficient (Wildman–Crippen LogP) is 4.21. The molecule has 1 aromatic carbocycles. The Kier molecular flexibility index (Phi) is 7.07. The second-order valence-corrected chi connectivity index (χ2v) is 7.95. The zero-order valence-corrected chi connectivity index (χ0v) is 18.1. The van der Waals surface area contributed by atoms with Gasteiger partial charge >= 0.3 is 6.03 Å². The largest absolute Gasteiger partial charge is 0.353 e. The molecule has 6 heteroatoms. The zero-order chi connectivity index (χ0) is 20.8. The molecule has 0 atom stereocenters. The van der Waals surface area contributed by atoms with Gasteiger partial charge in [-0.05, 0) is 19.3 Å². The van der Waals surface area contributed by atoms with Crippen molar-refractivity contribution in [1.29, 1.82) is 0 Å². The normalized spacial score (nSPS) is 14.4. The van der Waals surface area contributed by atoms with Crippen LogP contribution in [0.2, 0.25) is 0 Å². The SMILES string of the molecule is CCCCNC(=O)N1CCN(c2nc(-c3ccccc3)nc(C)c2C(C)C)CC1. The maximum atomic E-state index is 12.4. The number of unbranched alkanes of at least 4 members (excludes halogenated alkanes) is 1. The summed E-state index contributed by atoms with van der Waals surface area (Å²) in [7, 11) is 0. The fourth-order valence-corrected chi connectivity index (χ4v) is 3.81. The van der Waals surface area contributed by atoms with Gasteiger partial charge in [-0.25, -0.2) is 14.8 Å². The summed E-state index contributed by atoms with van der Waals surface area (Å²) in [6.07, 6.45) is 2.11. The number of amides is 2. The number of rotatable bonds is 6. The highest BCUT2D eigenvalue weighted by Gasteiger charge is 2.26. The maximum Gasteiger partial charge on any atom is 0.317 e. The second-order valence-electron chi connectivity index (χ2n) is 7.95. The van der Waals surface area contributed by atoms with Crippen molar-refractivity contribution in [2.24, 2.45) is 0 Å². The number of carbonyl (C=O) groups excluding carboxylic acids is 1. The zero-order valence-electron chi connectivity index (χ0n) is 18.1. The molecule has 1 aromatic heterocycles. The van der Waals surface area contributed by atoms with Gasteiger partial charge in [-0.3, -0.25) is 0 Å². The highest BCUT2D eigenvalue weighted by Crippen LogP contribution is 2.31. The molecule has 6 nitrogen and oxygen atoms in total. The number of urea groups is 1. The van der Waals surface area contributed by atoms with E-state index in [0.717, 1.165) is 55.4 Å². The topological polar surface area (TPSA) is 61.4 Å². The number of hydrogen-bond acceptors (Lipinski definition) is 4. The van der Waals surface area contributed by atoms with Crippen molar-refractivity contribution in [3.05, 3.63) is 41.6 Å². The molecule has 0 radical (unpaired) electrons. The molecule has 2 amide bonds. The number of hydrogen-bond donors (Lipinski definition) is 1. The first-order chi connectivity index (χ1) is 14.0. The lowest BCUT2D eigenvalue weighted by atomic mass is 10.0. The molecule has 0 saturated carbocycles. The molecule has 2 aromatic rings. The first kappa shape index (κ1) is 21.1. The summed E-state index contributed by atoms with van der Waals surface area (Å²) in [6, 6.07) is 10.2. The predicted molar refractivity (Wildman–Crippen MR) is 118 cm³/mol. The Labute approximate surface area is 174 Å². The number of nitrogens with zero attached hydrogens (tertiary/aromatic N) is 4. The third-order valence-corrected chi connectivity index (χ3v) is 5.40. The smallest absolute Gasteiger partial charge is 0.317 e. The van der Waals surface area contributed by atoms with Gasteiger partial charge in [0, 0.05) is 49.5 Å². The lowest BCUT2D eigenvalue weighted by molar-refractivity contribution is 0.194. The molecule has 1 aliphatic rings. The molecule has 3 rings (SSSR count). The molecular formula is C23H33N5O. The molecule has 1 N–H and O–H groups in total. The summed E-state index contributed by atoms with van der Waals surface area (Å²) in [4.78, 5) is 26.3. The Morgan fingerprint density at radius 2 is 1.79 bits per heavy atom.